The highest BCUT2D eigenvalue weighted by atomic mass is 32.1. The van der Waals surface area contributed by atoms with Gasteiger partial charge in [0.15, 0.2) is 5.82 Å². The summed E-state index contributed by atoms with van der Waals surface area (Å²) in [5.41, 5.74) is 6.49. The summed E-state index contributed by atoms with van der Waals surface area (Å²) in [4.78, 5) is 11.9. The van der Waals surface area contributed by atoms with Crippen molar-refractivity contribution in [2.75, 3.05) is 0 Å². The predicted molar refractivity (Wildman–Crippen MR) is 91.3 cm³/mol. The maximum Gasteiger partial charge on any atom is 0.322 e. The summed E-state index contributed by atoms with van der Waals surface area (Å²) in [5, 5.41) is 15.5. The van der Waals surface area contributed by atoms with Gasteiger partial charge in [-0.25, -0.2) is 4.68 Å². The maximum atomic E-state index is 11.0. The van der Waals surface area contributed by atoms with Crippen molar-refractivity contribution in [3.8, 4) is 16.4 Å². The monoisotopic (exact) mass is 346 g/mol. The summed E-state index contributed by atoms with van der Waals surface area (Å²) in [6.45, 7) is 0.0202. The second-order valence-electron chi connectivity index (χ2n) is 4.88. The summed E-state index contributed by atoms with van der Waals surface area (Å²) in [6.07, 6.45) is 0. The first kappa shape index (κ1) is 15.6. The van der Waals surface area contributed by atoms with Crippen LogP contribution < -0.4 is 5.73 Å². The average molecular weight is 346 g/mol. The molecule has 0 saturated carbocycles. The molecule has 3 aromatic rings. The number of thiophene rings is 1. The summed E-state index contributed by atoms with van der Waals surface area (Å²) in [6, 6.07) is 12.4. The second kappa shape index (κ2) is 6.45. The molecule has 0 aliphatic carbocycles. The minimum Gasteiger partial charge on any atom is -0.480 e. The lowest BCUT2D eigenvalue weighted by Crippen LogP contribution is -2.35. The van der Waals surface area contributed by atoms with Gasteiger partial charge in [-0.05, 0) is 35.8 Å². The van der Waals surface area contributed by atoms with Crippen molar-refractivity contribution < 1.29 is 9.90 Å². The molecule has 0 aliphatic rings. The predicted octanol–water partition coefficient (Wildman–Crippen LogP) is 2.54. The molecular formula is C15H14N4O2S2. The lowest BCUT2D eigenvalue weighted by Gasteiger charge is -2.06. The molecule has 1 aromatic carbocycles. The Balaban J connectivity index is 2.15. The first-order valence-electron chi connectivity index (χ1n) is 6.85. The lowest BCUT2D eigenvalue weighted by atomic mass is 10.3. The highest BCUT2D eigenvalue weighted by Crippen LogP contribution is 2.26. The van der Waals surface area contributed by atoms with Gasteiger partial charge < -0.3 is 10.8 Å². The van der Waals surface area contributed by atoms with E-state index in [2.05, 4.69) is 5.10 Å². The zero-order valence-corrected chi connectivity index (χ0v) is 13.6. The smallest absolute Gasteiger partial charge is 0.322 e. The zero-order valence-electron chi connectivity index (χ0n) is 12.0. The van der Waals surface area contributed by atoms with Crippen molar-refractivity contribution in [2.24, 2.45) is 5.73 Å². The van der Waals surface area contributed by atoms with Gasteiger partial charge >= 0.3 is 5.97 Å². The Labute approximate surface area is 141 Å². The van der Waals surface area contributed by atoms with Gasteiger partial charge in [0.25, 0.3) is 0 Å². The standard InChI is InChI=1S/C15H14N4O2S2/c16-11(14(20)21)9-18-15(22)19(10-5-2-1-3-6-10)13(17-18)12-7-4-8-23-12/h1-8,11H,9,16H2,(H,20,21)/t11-/m0/s1. The number of aromatic nitrogens is 3. The van der Waals surface area contributed by atoms with E-state index >= 15 is 0 Å². The number of hydrogen-bond acceptors (Lipinski definition) is 5. The van der Waals surface area contributed by atoms with E-state index in [9.17, 15) is 4.79 Å². The highest BCUT2D eigenvalue weighted by molar-refractivity contribution is 7.71. The molecule has 6 nitrogen and oxygen atoms in total. The molecule has 3 rings (SSSR count). The van der Waals surface area contributed by atoms with Crippen LogP contribution in [0.25, 0.3) is 16.4 Å². The number of aliphatic carboxylic acids is 1. The number of carboxylic acid groups (broad SMARTS) is 1. The molecule has 0 saturated heterocycles. The van der Waals surface area contributed by atoms with Gasteiger partial charge in [-0.3, -0.25) is 9.36 Å². The van der Waals surface area contributed by atoms with Gasteiger partial charge in [-0.2, -0.15) is 5.10 Å². The van der Waals surface area contributed by atoms with Gasteiger partial charge in [-0.15, -0.1) is 11.3 Å². The third kappa shape index (κ3) is 3.09. The Morgan fingerprint density at radius 2 is 2.04 bits per heavy atom. The van der Waals surface area contributed by atoms with Gasteiger partial charge in [-0.1, -0.05) is 24.3 Å². The van der Waals surface area contributed by atoms with Crippen LogP contribution in [0.2, 0.25) is 0 Å². The number of nitrogens with zero attached hydrogens (tertiary/aromatic N) is 3. The third-order valence-electron chi connectivity index (χ3n) is 3.28. The number of hydrogen-bond donors (Lipinski definition) is 2. The van der Waals surface area contributed by atoms with Crippen molar-refractivity contribution in [3.63, 3.8) is 0 Å². The topological polar surface area (TPSA) is 86.1 Å². The Kier molecular flexibility index (Phi) is 4.37. The summed E-state index contributed by atoms with van der Waals surface area (Å²) < 4.78 is 3.71. The normalized spacial score (nSPS) is 12.2. The fourth-order valence-corrected chi connectivity index (χ4v) is 3.17. The summed E-state index contributed by atoms with van der Waals surface area (Å²) in [7, 11) is 0. The largest absolute Gasteiger partial charge is 0.480 e. The fourth-order valence-electron chi connectivity index (χ4n) is 2.17. The maximum absolute atomic E-state index is 11.0. The van der Waals surface area contributed by atoms with Crippen LogP contribution in [0.4, 0.5) is 0 Å². The van der Waals surface area contributed by atoms with Crippen molar-refractivity contribution in [3.05, 3.63) is 52.6 Å². The van der Waals surface area contributed by atoms with E-state index in [-0.39, 0.29) is 6.54 Å². The molecule has 2 aromatic heterocycles. The molecule has 0 aliphatic heterocycles. The van der Waals surface area contributed by atoms with Crippen LogP contribution in [0, 0.1) is 4.77 Å². The number of benzene rings is 1. The van der Waals surface area contributed by atoms with E-state index in [1.165, 1.54) is 4.68 Å². The molecule has 0 spiro atoms. The van der Waals surface area contributed by atoms with Gasteiger partial charge in [0.1, 0.15) is 6.04 Å². The lowest BCUT2D eigenvalue weighted by molar-refractivity contribution is -0.138. The van der Waals surface area contributed by atoms with E-state index in [0.29, 0.717) is 10.6 Å². The number of carbonyl (C=O) groups is 1. The van der Waals surface area contributed by atoms with Crippen LogP contribution in [0.1, 0.15) is 0 Å². The summed E-state index contributed by atoms with van der Waals surface area (Å²) in [5.74, 6) is -0.410. The molecule has 118 valence electrons. The molecular weight excluding hydrogens is 332 g/mol. The Morgan fingerprint density at radius 1 is 1.30 bits per heavy atom. The molecule has 3 N–H and O–H groups in total. The first-order valence-corrected chi connectivity index (χ1v) is 8.14. The van der Waals surface area contributed by atoms with Crippen LogP contribution in [0.3, 0.4) is 0 Å². The van der Waals surface area contributed by atoms with Crippen molar-refractivity contribution in [2.45, 2.75) is 12.6 Å². The average Bonchev–Trinajstić information content (AvgIpc) is 3.17. The molecule has 23 heavy (non-hydrogen) atoms. The van der Waals surface area contributed by atoms with E-state index < -0.39 is 12.0 Å². The van der Waals surface area contributed by atoms with Crippen LogP contribution in [0.15, 0.2) is 47.8 Å². The third-order valence-corrected chi connectivity index (χ3v) is 4.54. The molecule has 2 heterocycles. The summed E-state index contributed by atoms with van der Waals surface area (Å²) >= 11 is 7.03. The molecule has 0 amide bonds. The number of nitrogens with two attached hydrogens (primary N) is 1. The van der Waals surface area contributed by atoms with Gasteiger partial charge in [0, 0.05) is 5.69 Å². The van der Waals surface area contributed by atoms with Crippen LogP contribution in [0.5, 0.6) is 0 Å². The Morgan fingerprint density at radius 3 is 2.65 bits per heavy atom. The van der Waals surface area contributed by atoms with Crippen molar-refractivity contribution in [1.29, 1.82) is 0 Å². The molecule has 0 fully saturated rings. The van der Waals surface area contributed by atoms with Gasteiger partial charge in [0.2, 0.25) is 4.77 Å². The van der Waals surface area contributed by atoms with E-state index in [1.807, 2.05) is 52.4 Å². The van der Waals surface area contributed by atoms with E-state index in [1.54, 1.807) is 11.3 Å². The minimum atomic E-state index is -1.08. The first-order chi connectivity index (χ1) is 11.1. The quantitative estimate of drug-likeness (QED) is 0.694. The number of rotatable bonds is 5. The SMILES string of the molecule is N[C@@H](Cn1nc(-c2cccs2)n(-c2ccccc2)c1=S)C(=O)O. The van der Waals surface area contributed by atoms with Crippen molar-refractivity contribution in [1.82, 2.24) is 14.3 Å². The second-order valence-corrected chi connectivity index (χ2v) is 6.19. The van der Waals surface area contributed by atoms with E-state index in [0.717, 1.165) is 10.6 Å². The van der Waals surface area contributed by atoms with Crippen molar-refractivity contribution >= 4 is 29.5 Å². The van der Waals surface area contributed by atoms with Crippen LogP contribution in [-0.4, -0.2) is 31.5 Å². The molecule has 0 radical (unpaired) electrons. The Bertz CT molecular complexity index is 869. The van der Waals surface area contributed by atoms with Crippen LogP contribution in [-0.2, 0) is 11.3 Å². The van der Waals surface area contributed by atoms with Crippen LogP contribution >= 0.6 is 23.6 Å². The number of carboxylic acids is 1. The minimum absolute atomic E-state index is 0.0202. The fraction of sp³-hybridized carbons (Fsp3) is 0.133. The van der Waals surface area contributed by atoms with Gasteiger partial charge in [0.05, 0.1) is 11.4 Å². The Hall–Kier alpha value is -2.29. The van der Waals surface area contributed by atoms with E-state index in [4.69, 9.17) is 23.1 Å². The molecule has 1 atom stereocenters. The number of para-hydroxylation sites is 1. The molecule has 8 heteroatoms. The highest BCUT2D eigenvalue weighted by Gasteiger charge is 2.19. The zero-order chi connectivity index (χ0) is 16.4. The molecule has 0 bridgehead atoms. The molecule has 0 unspecified atom stereocenters.